The first kappa shape index (κ1) is 14.7. The Balaban J connectivity index is 1.99. The number of carbonyl (C=O) groups excluding carboxylic acids is 1. The smallest absolute Gasteiger partial charge is 0.334 e. The molecule has 1 atom stereocenters. The van der Waals surface area contributed by atoms with E-state index in [0.29, 0.717) is 6.54 Å². The molecule has 0 saturated carbocycles. The van der Waals surface area contributed by atoms with Crippen molar-refractivity contribution in [2.75, 3.05) is 19.7 Å². The molecule has 1 fully saturated rings. The quantitative estimate of drug-likeness (QED) is 0.852. The van der Waals surface area contributed by atoms with Crippen LogP contribution in [0.25, 0.3) is 6.08 Å². The highest BCUT2D eigenvalue weighted by molar-refractivity contribution is 9.10. The molecule has 106 valence electrons. The highest BCUT2D eigenvalue weighted by atomic mass is 79.9. The van der Waals surface area contributed by atoms with E-state index in [4.69, 9.17) is 9.84 Å². The summed E-state index contributed by atoms with van der Waals surface area (Å²) in [6.45, 7) is 0.732. The summed E-state index contributed by atoms with van der Waals surface area (Å²) >= 11 is 3.36. The fraction of sp³-hybridized carbons (Fsp3) is 0.286. The van der Waals surface area contributed by atoms with Gasteiger partial charge in [-0.3, -0.25) is 4.79 Å². The summed E-state index contributed by atoms with van der Waals surface area (Å²) in [5, 5.41) is 8.89. The Labute approximate surface area is 125 Å². The van der Waals surface area contributed by atoms with Gasteiger partial charge in [-0.2, -0.15) is 0 Å². The highest BCUT2D eigenvalue weighted by Crippen LogP contribution is 2.13. The molecule has 0 aliphatic carbocycles. The Bertz CT molecular complexity index is 544. The summed E-state index contributed by atoms with van der Waals surface area (Å²) in [4.78, 5) is 24.3. The van der Waals surface area contributed by atoms with Gasteiger partial charge in [-0.1, -0.05) is 28.1 Å². The number of benzene rings is 1. The predicted molar refractivity (Wildman–Crippen MR) is 77.1 cm³/mol. The van der Waals surface area contributed by atoms with Crippen LogP contribution in [0.3, 0.4) is 0 Å². The SMILES string of the molecule is O=C(O)C1CN(C(=O)C=Cc2cccc(Br)c2)CCO1. The molecule has 5 nitrogen and oxygen atoms in total. The molecule has 20 heavy (non-hydrogen) atoms. The second-order valence-corrected chi connectivity index (χ2v) is 5.29. The molecule has 6 heteroatoms. The lowest BCUT2D eigenvalue weighted by atomic mass is 10.2. The predicted octanol–water partition coefficient (Wildman–Crippen LogP) is 1.77. The number of rotatable bonds is 3. The van der Waals surface area contributed by atoms with Crippen molar-refractivity contribution < 1.29 is 19.4 Å². The third kappa shape index (κ3) is 3.91. The normalized spacial score (nSPS) is 19.2. The van der Waals surface area contributed by atoms with Crippen molar-refractivity contribution in [1.29, 1.82) is 0 Å². The van der Waals surface area contributed by atoms with E-state index in [1.807, 2.05) is 24.3 Å². The van der Waals surface area contributed by atoms with E-state index >= 15 is 0 Å². The van der Waals surface area contributed by atoms with Crippen LogP contribution in [0.15, 0.2) is 34.8 Å². The van der Waals surface area contributed by atoms with Crippen LogP contribution in [-0.4, -0.2) is 47.7 Å². The molecule has 1 amide bonds. The third-order valence-corrected chi connectivity index (χ3v) is 3.41. The molecule has 1 aromatic carbocycles. The molecule has 2 rings (SSSR count). The zero-order valence-corrected chi connectivity index (χ0v) is 12.2. The van der Waals surface area contributed by atoms with Crippen LogP contribution >= 0.6 is 15.9 Å². The topological polar surface area (TPSA) is 66.8 Å². The van der Waals surface area contributed by atoms with E-state index < -0.39 is 12.1 Å². The summed E-state index contributed by atoms with van der Waals surface area (Å²) in [5.74, 6) is -1.25. The third-order valence-electron chi connectivity index (χ3n) is 2.92. The maximum atomic E-state index is 12.0. The molecular formula is C14H14BrNO4. The van der Waals surface area contributed by atoms with Gasteiger partial charge in [-0.05, 0) is 23.8 Å². The zero-order valence-electron chi connectivity index (χ0n) is 10.7. The van der Waals surface area contributed by atoms with Crippen LogP contribution in [-0.2, 0) is 14.3 Å². The summed E-state index contributed by atoms with van der Waals surface area (Å²) < 4.78 is 6.01. The van der Waals surface area contributed by atoms with Crippen molar-refractivity contribution in [1.82, 2.24) is 4.90 Å². The molecule has 1 heterocycles. The molecule has 0 radical (unpaired) electrons. The molecule has 0 aromatic heterocycles. The number of nitrogens with zero attached hydrogens (tertiary/aromatic N) is 1. The maximum Gasteiger partial charge on any atom is 0.334 e. The lowest BCUT2D eigenvalue weighted by Gasteiger charge is -2.30. The molecule has 1 N–H and O–H groups in total. The van der Waals surface area contributed by atoms with Crippen LogP contribution < -0.4 is 0 Å². The number of carboxylic acid groups (broad SMARTS) is 1. The van der Waals surface area contributed by atoms with E-state index in [-0.39, 0.29) is 19.1 Å². The van der Waals surface area contributed by atoms with Gasteiger partial charge in [0.2, 0.25) is 5.91 Å². The summed E-state index contributed by atoms with van der Waals surface area (Å²) in [7, 11) is 0. The number of aliphatic carboxylic acids is 1. The van der Waals surface area contributed by atoms with Gasteiger partial charge in [-0.15, -0.1) is 0 Å². The van der Waals surface area contributed by atoms with E-state index in [2.05, 4.69) is 15.9 Å². The van der Waals surface area contributed by atoms with E-state index in [1.54, 1.807) is 6.08 Å². The number of amides is 1. The van der Waals surface area contributed by atoms with E-state index in [0.717, 1.165) is 10.0 Å². The van der Waals surface area contributed by atoms with Crippen LogP contribution in [0.5, 0.6) is 0 Å². The number of hydrogen-bond acceptors (Lipinski definition) is 3. The fourth-order valence-corrected chi connectivity index (χ4v) is 2.30. The van der Waals surface area contributed by atoms with Gasteiger partial charge >= 0.3 is 5.97 Å². The van der Waals surface area contributed by atoms with Gasteiger partial charge < -0.3 is 14.7 Å². The number of halogens is 1. The average Bonchev–Trinajstić information content (AvgIpc) is 2.45. The van der Waals surface area contributed by atoms with Crippen molar-refractivity contribution in [3.8, 4) is 0 Å². The lowest BCUT2D eigenvalue weighted by molar-refractivity contribution is -0.158. The van der Waals surface area contributed by atoms with E-state index in [9.17, 15) is 9.59 Å². The summed E-state index contributed by atoms with van der Waals surface area (Å²) in [6, 6.07) is 7.55. The molecule has 0 spiro atoms. The molecule has 1 unspecified atom stereocenters. The zero-order chi connectivity index (χ0) is 14.5. The largest absolute Gasteiger partial charge is 0.479 e. The van der Waals surface area contributed by atoms with Crippen molar-refractivity contribution in [3.05, 3.63) is 40.4 Å². The molecule has 1 aromatic rings. The van der Waals surface area contributed by atoms with E-state index in [1.165, 1.54) is 11.0 Å². The first-order valence-electron chi connectivity index (χ1n) is 6.13. The van der Waals surface area contributed by atoms with Gasteiger partial charge in [0.15, 0.2) is 6.10 Å². The Morgan fingerprint density at radius 1 is 1.45 bits per heavy atom. The molecule has 1 aliphatic rings. The second kappa shape index (κ2) is 6.67. The Kier molecular flexibility index (Phi) is 4.92. The molecule has 1 saturated heterocycles. The van der Waals surface area contributed by atoms with Gasteiger partial charge in [-0.25, -0.2) is 4.79 Å². The fourth-order valence-electron chi connectivity index (χ4n) is 1.88. The van der Waals surface area contributed by atoms with Gasteiger partial charge in [0, 0.05) is 17.1 Å². The van der Waals surface area contributed by atoms with Gasteiger partial charge in [0.25, 0.3) is 0 Å². The van der Waals surface area contributed by atoms with Crippen molar-refractivity contribution in [3.63, 3.8) is 0 Å². The Morgan fingerprint density at radius 2 is 2.25 bits per heavy atom. The lowest BCUT2D eigenvalue weighted by Crippen LogP contribution is -2.48. The van der Waals surface area contributed by atoms with Crippen molar-refractivity contribution in [2.24, 2.45) is 0 Å². The Morgan fingerprint density at radius 3 is 2.95 bits per heavy atom. The van der Waals surface area contributed by atoms with Gasteiger partial charge in [0.05, 0.1) is 13.2 Å². The number of hydrogen-bond donors (Lipinski definition) is 1. The van der Waals surface area contributed by atoms with Gasteiger partial charge in [0.1, 0.15) is 0 Å². The highest BCUT2D eigenvalue weighted by Gasteiger charge is 2.27. The number of carbonyl (C=O) groups is 2. The first-order chi connectivity index (χ1) is 9.56. The second-order valence-electron chi connectivity index (χ2n) is 4.37. The number of ether oxygens (including phenoxy) is 1. The van der Waals surface area contributed by atoms with Crippen LogP contribution in [0, 0.1) is 0 Å². The minimum absolute atomic E-state index is 0.0803. The van der Waals surface area contributed by atoms with Crippen LogP contribution in [0.2, 0.25) is 0 Å². The molecule has 0 bridgehead atoms. The van der Waals surface area contributed by atoms with Crippen molar-refractivity contribution >= 4 is 33.9 Å². The van der Waals surface area contributed by atoms with Crippen LogP contribution in [0.4, 0.5) is 0 Å². The standard InChI is InChI=1S/C14H14BrNO4/c15-11-3-1-2-10(8-11)4-5-13(17)16-6-7-20-12(9-16)14(18)19/h1-5,8,12H,6-7,9H2,(H,18,19). The Hall–Kier alpha value is -1.66. The first-order valence-corrected chi connectivity index (χ1v) is 6.92. The average molecular weight is 340 g/mol. The summed E-state index contributed by atoms with van der Waals surface area (Å²) in [6.07, 6.45) is 2.22. The van der Waals surface area contributed by atoms with Crippen LogP contribution in [0.1, 0.15) is 5.56 Å². The number of carboxylic acids is 1. The summed E-state index contributed by atoms with van der Waals surface area (Å²) in [5.41, 5.74) is 0.899. The minimum Gasteiger partial charge on any atom is -0.479 e. The monoisotopic (exact) mass is 339 g/mol. The molecular weight excluding hydrogens is 326 g/mol. The number of morpholine rings is 1. The minimum atomic E-state index is -1.04. The van der Waals surface area contributed by atoms with Crippen molar-refractivity contribution in [2.45, 2.75) is 6.10 Å². The maximum absolute atomic E-state index is 12.0. The molecule has 1 aliphatic heterocycles.